The lowest BCUT2D eigenvalue weighted by molar-refractivity contribution is -0.146. The highest BCUT2D eigenvalue weighted by molar-refractivity contribution is 6.25. The minimum atomic E-state index is -1.63. The average Bonchev–Trinajstić information content (AvgIpc) is 2.61. The van der Waals surface area contributed by atoms with Crippen LogP contribution in [0, 0.1) is 0 Å². The van der Waals surface area contributed by atoms with Gasteiger partial charge in [0.25, 0.3) is 11.8 Å². The number of methoxy groups -OCH3 is 1. The molecule has 122 valence electrons. The largest absolute Gasteiger partial charge is 0.364 e. The van der Waals surface area contributed by atoms with E-state index in [-0.39, 0.29) is 6.73 Å². The molecule has 0 bridgehead atoms. The second-order valence-corrected chi connectivity index (χ2v) is 5.39. The minimum absolute atomic E-state index is 0.237. The van der Waals surface area contributed by atoms with Crippen molar-refractivity contribution >= 4 is 17.8 Å². The molecule has 1 aliphatic rings. The van der Waals surface area contributed by atoms with Crippen LogP contribution in [-0.2, 0) is 19.7 Å². The molecule has 2 aromatic carbocycles. The summed E-state index contributed by atoms with van der Waals surface area (Å²) in [6.07, 6.45) is 0. The number of hydrogen-bond acceptors (Lipinski definition) is 4. The molecule has 1 fully saturated rings. The van der Waals surface area contributed by atoms with Crippen molar-refractivity contribution in [2.45, 2.75) is 5.41 Å². The molecule has 0 saturated carbocycles. The first kappa shape index (κ1) is 15.9. The Morgan fingerprint density at radius 1 is 0.917 bits per heavy atom. The van der Waals surface area contributed by atoms with Gasteiger partial charge in [-0.25, -0.2) is 9.69 Å². The molecule has 1 heterocycles. The molecule has 24 heavy (non-hydrogen) atoms. The molecule has 2 aromatic rings. The van der Waals surface area contributed by atoms with Crippen molar-refractivity contribution in [1.29, 1.82) is 0 Å². The Morgan fingerprint density at radius 2 is 1.42 bits per heavy atom. The van der Waals surface area contributed by atoms with E-state index in [4.69, 9.17) is 4.74 Å². The third kappa shape index (κ3) is 2.28. The molecule has 0 atom stereocenters. The van der Waals surface area contributed by atoms with Gasteiger partial charge >= 0.3 is 6.03 Å². The summed E-state index contributed by atoms with van der Waals surface area (Å²) in [6, 6.07) is 16.6. The van der Waals surface area contributed by atoms with E-state index >= 15 is 0 Å². The van der Waals surface area contributed by atoms with Gasteiger partial charge in [-0.2, -0.15) is 0 Å². The monoisotopic (exact) mass is 324 g/mol. The number of carbonyl (C=O) groups excluding carboxylic acids is 3. The quantitative estimate of drug-likeness (QED) is 0.868. The second-order valence-electron chi connectivity index (χ2n) is 5.39. The molecule has 1 saturated heterocycles. The number of benzene rings is 2. The van der Waals surface area contributed by atoms with Gasteiger partial charge in [0.2, 0.25) is 0 Å². The predicted molar refractivity (Wildman–Crippen MR) is 85.9 cm³/mol. The maximum Gasteiger partial charge on any atom is 0.332 e. The Hall–Kier alpha value is -2.99. The standard InChI is InChI=1S/C18H16N2O4/c1-24-12-20-16(22)18(15(21)19-17(20)23,13-8-4-2-5-9-13)14-10-6-3-7-11-14/h2-11H,12H2,1H3,(H,19,21,23). The molecule has 3 rings (SSSR count). The van der Waals surface area contributed by atoms with Gasteiger partial charge in [-0.05, 0) is 11.1 Å². The summed E-state index contributed by atoms with van der Waals surface area (Å²) in [6.45, 7) is -0.237. The smallest absolute Gasteiger partial charge is 0.332 e. The molecular weight excluding hydrogens is 308 g/mol. The number of barbiturate groups is 1. The zero-order valence-corrected chi connectivity index (χ0v) is 13.1. The number of carbonyl (C=O) groups is 3. The van der Waals surface area contributed by atoms with E-state index in [0.717, 1.165) is 4.90 Å². The third-order valence-electron chi connectivity index (χ3n) is 4.04. The molecule has 4 amide bonds. The maximum absolute atomic E-state index is 13.2. The van der Waals surface area contributed by atoms with Crippen molar-refractivity contribution in [1.82, 2.24) is 10.2 Å². The molecule has 0 aliphatic carbocycles. The van der Waals surface area contributed by atoms with E-state index in [1.807, 2.05) is 0 Å². The number of ether oxygens (including phenoxy) is 1. The lowest BCUT2D eigenvalue weighted by Gasteiger charge is -2.39. The van der Waals surface area contributed by atoms with Crippen molar-refractivity contribution in [2.24, 2.45) is 0 Å². The van der Waals surface area contributed by atoms with Gasteiger partial charge in [0.1, 0.15) is 6.73 Å². The fourth-order valence-corrected chi connectivity index (χ4v) is 2.95. The van der Waals surface area contributed by atoms with Crippen LogP contribution in [0.15, 0.2) is 60.7 Å². The molecule has 1 N–H and O–H groups in total. The topological polar surface area (TPSA) is 75.7 Å². The van der Waals surface area contributed by atoms with Crippen LogP contribution in [0.5, 0.6) is 0 Å². The van der Waals surface area contributed by atoms with Gasteiger partial charge in [-0.15, -0.1) is 0 Å². The van der Waals surface area contributed by atoms with Crippen LogP contribution in [0.2, 0.25) is 0 Å². The molecule has 0 unspecified atom stereocenters. The zero-order valence-electron chi connectivity index (χ0n) is 13.1. The van der Waals surface area contributed by atoms with Gasteiger partial charge < -0.3 is 4.74 Å². The SMILES string of the molecule is COCN1C(=O)NC(=O)C(c2ccccc2)(c2ccccc2)C1=O. The summed E-state index contributed by atoms with van der Waals surface area (Å²) in [5.74, 6) is -1.29. The van der Waals surface area contributed by atoms with Gasteiger partial charge in [0.05, 0.1) is 0 Å². The number of hydrogen-bond donors (Lipinski definition) is 1. The van der Waals surface area contributed by atoms with Crippen LogP contribution in [0.3, 0.4) is 0 Å². The van der Waals surface area contributed by atoms with Crippen molar-refractivity contribution in [3.63, 3.8) is 0 Å². The van der Waals surface area contributed by atoms with E-state index in [2.05, 4.69) is 5.32 Å². The molecule has 0 aromatic heterocycles. The Kier molecular flexibility index (Phi) is 4.14. The Morgan fingerprint density at radius 3 is 1.88 bits per heavy atom. The van der Waals surface area contributed by atoms with Gasteiger partial charge in [0.15, 0.2) is 5.41 Å². The fourth-order valence-electron chi connectivity index (χ4n) is 2.95. The normalized spacial score (nSPS) is 16.9. The number of amides is 4. The number of urea groups is 1. The molecule has 1 aliphatic heterocycles. The summed E-state index contributed by atoms with van der Waals surface area (Å²) in [5, 5.41) is 2.28. The molecule has 0 radical (unpaired) electrons. The van der Waals surface area contributed by atoms with Crippen LogP contribution in [0.4, 0.5) is 4.79 Å². The van der Waals surface area contributed by atoms with Crippen LogP contribution in [0.1, 0.15) is 11.1 Å². The maximum atomic E-state index is 13.2. The molecule has 6 heteroatoms. The van der Waals surface area contributed by atoms with E-state index in [0.29, 0.717) is 11.1 Å². The summed E-state index contributed by atoms with van der Waals surface area (Å²) in [5.41, 5.74) is -0.644. The van der Waals surface area contributed by atoms with E-state index in [9.17, 15) is 14.4 Å². The van der Waals surface area contributed by atoms with E-state index in [1.54, 1.807) is 60.7 Å². The highest BCUT2D eigenvalue weighted by Gasteiger charge is 2.56. The Bertz CT molecular complexity index is 735. The lowest BCUT2D eigenvalue weighted by atomic mass is 9.71. The second kappa shape index (κ2) is 6.25. The number of nitrogens with zero attached hydrogens (tertiary/aromatic N) is 1. The number of imide groups is 2. The van der Waals surface area contributed by atoms with Crippen LogP contribution >= 0.6 is 0 Å². The van der Waals surface area contributed by atoms with Gasteiger partial charge in [0, 0.05) is 7.11 Å². The highest BCUT2D eigenvalue weighted by atomic mass is 16.5. The van der Waals surface area contributed by atoms with Crippen molar-refractivity contribution in [3.8, 4) is 0 Å². The lowest BCUT2D eigenvalue weighted by Crippen LogP contribution is -2.66. The van der Waals surface area contributed by atoms with Gasteiger partial charge in [-0.3, -0.25) is 14.9 Å². The van der Waals surface area contributed by atoms with Gasteiger partial charge in [-0.1, -0.05) is 60.7 Å². The molecule has 6 nitrogen and oxygen atoms in total. The summed E-state index contributed by atoms with van der Waals surface area (Å²) in [7, 11) is 1.38. The van der Waals surface area contributed by atoms with Crippen molar-refractivity contribution in [3.05, 3.63) is 71.8 Å². The molecular formula is C18H16N2O4. The first-order chi connectivity index (χ1) is 11.6. The van der Waals surface area contributed by atoms with Crippen LogP contribution in [-0.4, -0.2) is 36.6 Å². The molecule has 0 spiro atoms. The zero-order chi connectivity index (χ0) is 17.2. The number of nitrogens with one attached hydrogen (secondary N) is 1. The Labute approximate surface area is 139 Å². The predicted octanol–water partition coefficient (Wildman–Crippen LogP) is 1.65. The fraction of sp³-hybridized carbons (Fsp3) is 0.167. The van der Waals surface area contributed by atoms with Crippen LogP contribution < -0.4 is 5.32 Å². The van der Waals surface area contributed by atoms with Crippen molar-refractivity contribution < 1.29 is 19.1 Å². The Balaban J connectivity index is 2.26. The third-order valence-corrected chi connectivity index (χ3v) is 4.04. The first-order valence-electron chi connectivity index (χ1n) is 7.39. The summed E-state index contributed by atoms with van der Waals surface area (Å²) < 4.78 is 4.96. The van der Waals surface area contributed by atoms with Crippen LogP contribution in [0.25, 0.3) is 0 Å². The summed E-state index contributed by atoms with van der Waals surface area (Å²) in [4.78, 5) is 39.0. The number of rotatable bonds is 4. The average molecular weight is 324 g/mol. The van der Waals surface area contributed by atoms with E-state index in [1.165, 1.54) is 7.11 Å². The van der Waals surface area contributed by atoms with Crippen molar-refractivity contribution in [2.75, 3.05) is 13.8 Å². The summed E-state index contributed by atoms with van der Waals surface area (Å²) >= 11 is 0. The minimum Gasteiger partial charge on any atom is -0.364 e. The van der Waals surface area contributed by atoms with E-state index < -0.39 is 23.3 Å². The first-order valence-corrected chi connectivity index (χ1v) is 7.39. The highest BCUT2D eigenvalue weighted by Crippen LogP contribution is 2.37.